The molecule has 3 nitrogen and oxygen atoms in total. The average molecular weight is 302 g/mol. The van der Waals surface area contributed by atoms with Crippen LogP contribution in [0, 0.1) is 0 Å². The number of nitrogens with one attached hydrogen (secondary N) is 1. The van der Waals surface area contributed by atoms with Crippen molar-refractivity contribution in [3.8, 4) is 5.75 Å². The molecular weight excluding hydrogens is 272 g/mol. The van der Waals surface area contributed by atoms with Crippen LogP contribution in [-0.2, 0) is 13.0 Å². The third-order valence-corrected chi connectivity index (χ3v) is 5.30. The van der Waals surface area contributed by atoms with Crippen LogP contribution in [0.3, 0.4) is 0 Å². The summed E-state index contributed by atoms with van der Waals surface area (Å²) in [6, 6.07) is 7.21. The number of hydrogen-bond donors (Lipinski definition) is 1. The summed E-state index contributed by atoms with van der Waals surface area (Å²) < 4.78 is 6.23. The van der Waals surface area contributed by atoms with E-state index in [2.05, 4.69) is 49.2 Å². The summed E-state index contributed by atoms with van der Waals surface area (Å²) in [4.78, 5) is 2.62. The molecule has 1 saturated heterocycles. The molecule has 2 heterocycles. The zero-order chi connectivity index (χ0) is 15.6. The molecule has 122 valence electrons. The highest BCUT2D eigenvalue weighted by atomic mass is 16.5. The van der Waals surface area contributed by atoms with E-state index in [9.17, 15) is 0 Å². The number of benzene rings is 1. The van der Waals surface area contributed by atoms with Crippen LogP contribution >= 0.6 is 0 Å². The summed E-state index contributed by atoms with van der Waals surface area (Å²) in [6.07, 6.45) is 5.00. The van der Waals surface area contributed by atoms with Gasteiger partial charge in [-0.15, -0.1) is 0 Å². The molecular formula is C19H30N2O. The molecule has 1 atom stereocenters. The highest BCUT2D eigenvalue weighted by Crippen LogP contribution is 2.31. The topological polar surface area (TPSA) is 24.5 Å². The van der Waals surface area contributed by atoms with Crippen LogP contribution in [0.2, 0.25) is 0 Å². The first-order chi connectivity index (χ1) is 10.6. The van der Waals surface area contributed by atoms with Gasteiger partial charge in [0.15, 0.2) is 0 Å². The SMILES string of the molecule is CC(C)N1CCCCC1(C)COc1ccc2c(c1)CNCC2. The van der Waals surface area contributed by atoms with Crippen molar-refractivity contribution in [2.75, 3.05) is 19.7 Å². The Morgan fingerprint density at radius 2 is 2.14 bits per heavy atom. The van der Waals surface area contributed by atoms with Gasteiger partial charge in [-0.25, -0.2) is 0 Å². The van der Waals surface area contributed by atoms with Crippen LogP contribution in [0.25, 0.3) is 0 Å². The van der Waals surface area contributed by atoms with Gasteiger partial charge in [0.25, 0.3) is 0 Å². The summed E-state index contributed by atoms with van der Waals surface area (Å²) in [7, 11) is 0. The van der Waals surface area contributed by atoms with E-state index in [0.717, 1.165) is 31.9 Å². The highest BCUT2D eigenvalue weighted by Gasteiger charge is 2.36. The second kappa shape index (κ2) is 6.59. The first-order valence-electron chi connectivity index (χ1n) is 8.80. The first-order valence-corrected chi connectivity index (χ1v) is 8.80. The van der Waals surface area contributed by atoms with Gasteiger partial charge in [0.1, 0.15) is 12.4 Å². The van der Waals surface area contributed by atoms with E-state index < -0.39 is 0 Å². The van der Waals surface area contributed by atoms with Crippen molar-refractivity contribution in [2.45, 2.75) is 64.6 Å². The zero-order valence-electron chi connectivity index (χ0n) is 14.3. The maximum atomic E-state index is 6.23. The lowest BCUT2D eigenvalue weighted by molar-refractivity contribution is -0.00144. The number of likely N-dealkylation sites (tertiary alicyclic amines) is 1. The first kappa shape index (κ1) is 15.8. The van der Waals surface area contributed by atoms with Crippen molar-refractivity contribution in [3.63, 3.8) is 0 Å². The van der Waals surface area contributed by atoms with Gasteiger partial charge in [0.05, 0.1) is 5.54 Å². The van der Waals surface area contributed by atoms with Gasteiger partial charge >= 0.3 is 0 Å². The molecule has 1 aromatic rings. The normalized spacial score (nSPS) is 26.0. The Morgan fingerprint density at radius 3 is 2.95 bits per heavy atom. The van der Waals surface area contributed by atoms with Crippen LogP contribution in [0.15, 0.2) is 18.2 Å². The molecule has 0 amide bonds. The van der Waals surface area contributed by atoms with E-state index in [0.29, 0.717) is 6.04 Å². The van der Waals surface area contributed by atoms with E-state index in [1.807, 2.05) is 0 Å². The maximum absolute atomic E-state index is 6.23. The summed E-state index contributed by atoms with van der Waals surface area (Å²) in [5.41, 5.74) is 3.04. The van der Waals surface area contributed by atoms with Crippen molar-refractivity contribution in [2.24, 2.45) is 0 Å². The predicted octanol–water partition coefficient (Wildman–Crippen LogP) is 3.36. The minimum Gasteiger partial charge on any atom is -0.492 e. The molecule has 1 aromatic carbocycles. The van der Waals surface area contributed by atoms with Gasteiger partial charge in [-0.2, -0.15) is 0 Å². The molecule has 0 aliphatic carbocycles. The molecule has 0 bridgehead atoms. The van der Waals surface area contributed by atoms with Gasteiger partial charge in [-0.05, 0) is 76.4 Å². The minimum atomic E-state index is 0.167. The number of rotatable bonds is 4. The smallest absolute Gasteiger partial charge is 0.119 e. The maximum Gasteiger partial charge on any atom is 0.119 e. The lowest BCUT2D eigenvalue weighted by atomic mass is 9.88. The van der Waals surface area contributed by atoms with Gasteiger partial charge in [0, 0.05) is 12.6 Å². The minimum absolute atomic E-state index is 0.167. The Hall–Kier alpha value is -1.06. The summed E-state index contributed by atoms with van der Waals surface area (Å²) >= 11 is 0. The Labute approximate surface area is 135 Å². The average Bonchev–Trinajstić information content (AvgIpc) is 2.53. The molecule has 3 heteroatoms. The van der Waals surface area contributed by atoms with E-state index in [-0.39, 0.29) is 5.54 Å². The lowest BCUT2D eigenvalue weighted by Gasteiger charge is -2.47. The highest BCUT2D eigenvalue weighted by molar-refractivity contribution is 5.37. The van der Waals surface area contributed by atoms with Crippen molar-refractivity contribution >= 4 is 0 Å². The van der Waals surface area contributed by atoms with E-state index >= 15 is 0 Å². The van der Waals surface area contributed by atoms with E-state index in [1.165, 1.54) is 36.9 Å². The molecule has 2 aliphatic heterocycles. The Morgan fingerprint density at radius 1 is 1.27 bits per heavy atom. The number of hydrogen-bond acceptors (Lipinski definition) is 3. The van der Waals surface area contributed by atoms with Crippen molar-refractivity contribution in [3.05, 3.63) is 29.3 Å². The number of fused-ring (bicyclic) bond motifs is 1. The summed E-state index contributed by atoms with van der Waals surface area (Å²) in [5.74, 6) is 1.03. The fourth-order valence-corrected chi connectivity index (χ4v) is 4.02. The third-order valence-electron chi connectivity index (χ3n) is 5.30. The lowest BCUT2D eigenvalue weighted by Crippen LogP contribution is -2.56. The van der Waals surface area contributed by atoms with Crippen LogP contribution in [0.4, 0.5) is 0 Å². The van der Waals surface area contributed by atoms with E-state index in [1.54, 1.807) is 0 Å². The molecule has 1 N–H and O–H groups in total. The molecule has 1 unspecified atom stereocenters. The van der Waals surface area contributed by atoms with Gasteiger partial charge in [0.2, 0.25) is 0 Å². The Balaban J connectivity index is 1.68. The van der Waals surface area contributed by atoms with Crippen molar-refractivity contribution < 1.29 is 4.74 Å². The van der Waals surface area contributed by atoms with E-state index in [4.69, 9.17) is 4.74 Å². The fraction of sp³-hybridized carbons (Fsp3) is 0.684. The molecule has 0 aromatic heterocycles. The Kier molecular flexibility index (Phi) is 4.74. The molecule has 1 fully saturated rings. The Bertz CT molecular complexity index is 514. The summed E-state index contributed by atoms with van der Waals surface area (Å²) in [5, 5.41) is 3.44. The molecule has 22 heavy (non-hydrogen) atoms. The number of ether oxygens (including phenoxy) is 1. The monoisotopic (exact) mass is 302 g/mol. The molecule has 2 aliphatic rings. The molecule has 0 radical (unpaired) electrons. The number of piperidine rings is 1. The van der Waals surface area contributed by atoms with Crippen LogP contribution < -0.4 is 10.1 Å². The third kappa shape index (κ3) is 3.31. The standard InChI is InChI=1S/C19H30N2O/c1-15(2)21-11-5-4-9-19(21,3)14-22-18-7-6-16-8-10-20-13-17(16)12-18/h6-7,12,15,20H,4-5,8-11,13-14H2,1-3H3. The molecule has 0 spiro atoms. The van der Waals surface area contributed by atoms with Gasteiger partial charge in [-0.1, -0.05) is 12.5 Å². The number of nitrogens with zero attached hydrogens (tertiary/aromatic N) is 1. The molecule has 3 rings (SSSR count). The second-order valence-corrected chi connectivity index (χ2v) is 7.39. The van der Waals surface area contributed by atoms with Gasteiger partial charge < -0.3 is 10.1 Å². The van der Waals surface area contributed by atoms with Crippen LogP contribution in [-0.4, -0.2) is 36.2 Å². The largest absolute Gasteiger partial charge is 0.492 e. The fourth-order valence-electron chi connectivity index (χ4n) is 4.02. The van der Waals surface area contributed by atoms with Crippen molar-refractivity contribution in [1.82, 2.24) is 10.2 Å². The summed E-state index contributed by atoms with van der Waals surface area (Å²) in [6.45, 7) is 11.0. The second-order valence-electron chi connectivity index (χ2n) is 7.39. The van der Waals surface area contributed by atoms with Crippen molar-refractivity contribution in [1.29, 1.82) is 0 Å². The predicted molar refractivity (Wildman–Crippen MR) is 91.4 cm³/mol. The zero-order valence-corrected chi connectivity index (χ0v) is 14.3. The van der Waals surface area contributed by atoms with Crippen LogP contribution in [0.1, 0.15) is 51.2 Å². The molecule has 0 saturated carbocycles. The van der Waals surface area contributed by atoms with Gasteiger partial charge in [-0.3, -0.25) is 4.90 Å². The quantitative estimate of drug-likeness (QED) is 0.923. The van der Waals surface area contributed by atoms with Crippen LogP contribution in [0.5, 0.6) is 5.75 Å².